The van der Waals surface area contributed by atoms with E-state index in [1.807, 2.05) is 0 Å². The van der Waals surface area contributed by atoms with Gasteiger partial charge in [0.05, 0.1) is 4.88 Å². The highest BCUT2D eigenvalue weighted by molar-refractivity contribution is 7.12. The van der Waals surface area contributed by atoms with Gasteiger partial charge in [-0.05, 0) is 29.1 Å². The van der Waals surface area contributed by atoms with E-state index in [9.17, 15) is 9.59 Å². The summed E-state index contributed by atoms with van der Waals surface area (Å²) in [5.41, 5.74) is 6.45. The molecule has 0 atom stereocenters. The Hall–Kier alpha value is -2.21. The Labute approximate surface area is 101 Å². The fourth-order valence-electron chi connectivity index (χ4n) is 1.43. The van der Waals surface area contributed by atoms with Crippen LogP contribution < -0.4 is 5.73 Å². The number of carbonyl (C=O) groups excluding carboxylic acids is 1. The van der Waals surface area contributed by atoms with Crippen LogP contribution in [0.15, 0.2) is 23.6 Å². The fraction of sp³-hybridized carbons (Fsp3) is 0. The lowest BCUT2D eigenvalue weighted by Gasteiger charge is -2.03. The second-order valence-corrected chi connectivity index (χ2v) is 4.24. The summed E-state index contributed by atoms with van der Waals surface area (Å²) in [4.78, 5) is 25.9. The predicted molar refractivity (Wildman–Crippen MR) is 64.3 cm³/mol. The number of hydrogen-bond acceptors (Lipinski definition) is 5. The van der Waals surface area contributed by atoms with Gasteiger partial charge in [-0.1, -0.05) is 0 Å². The number of aldehydes is 1. The Kier molecular flexibility index (Phi) is 2.88. The molecule has 5 nitrogen and oxygen atoms in total. The Balaban J connectivity index is 2.58. The zero-order chi connectivity index (χ0) is 12.4. The van der Waals surface area contributed by atoms with Crippen molar-refractivity contribution >= 4 is 29.4 Å². The minimum Gasteiger partial charge on any atom is -0.476 e. The topological polar surface area (TPSA) is 93.3 Å². The van der Waals surface area contributed by atoms with Crippen LogP contribution in [0.25, 0.3) is 11.1 Å². The van der Waals surface area contributed by atoms with Gasteiger partial charge in [-0.25, -0.2) is 9.78 Å². The molecule has 0 unspecified atom stereocenters. The Morgan fingerprint density at radius 2 is 2.24 bits per heavy atom. The van der Waals surface area contributed by atoms with Crippen molar-refractivity contribution in [2.45, 2.75) is 0 Å². The van der Waals surface area contributed by atoms with Crippen molar-refractivity contribution in [3.05, 3.63) is 34.2 Å². The van der Waals surface area contributed by atoms with E-state index < -0.39 is 5.97 Å². The van der Waals surface area contributed by atoms with E-state index in [4.69, 9.17) is 10.8 Å². The van der Waals surface area contributed by atoms with E-state index in [0.29, 0.717) is 16.0 Å². The molecule has 0 aliphatic carbocycles. The van der Waals surface area contributed by atoms with Crippen molar-refractivity contribution in [3.63, 3.8) is 0 Å². The molecule has 3 N–H and O–H groups in total. The van der Waals surface area contributed by atoms with Gasteiger partial charge in [0, 0.05) is 5.56 Å². The van der Waals surface area contributed by atoms with Gasteiger partial charge in [-0.15, -0.1) is 11.3 Å². The first-order chi connectivity index (χ1) is 8.11. The molecule has 2 aromatic rings. The van der Waals surface area contributed by atoms with Crippen LogP contribution in [0.2, 0.25) is 0 Å². The summed E-state index contributed by atoms with van der Waals surface area (Å²) in [6, 6.07) is 4.74. The molecule has 0 aromatic carbocycles. The number of pyridine rings is 1. The zero-order valence-electron chi connectivity index (χ0n) is 8.58. The summed E-state index contributed by atoms with van der Waals surface area (Å²) in [7, 11) is 0. The third kappa shape index (κ3) is 2.16. The molecule has 0 saturated carbocycles. The first-order valence-corrected chi connectivity index (χ1v) is 5.53. The number of nitrogens with zero attached hydrogens (tertiary/aromatic N) is 1. The molecular formula is C11H8N2O3S. The highest BCUT2D eigenvalue weighted by Crippen LogP contribution is 2.27. The zero-order valence-corrected chi connectivity index (χ0v) is 9.40. The highest BCUT2D eigenvalue weighted by Gasteiger charge is 2.15. The summed E-state index contributed by atoms with van der Waals surface area (Å²) >= 11 is 1.25. The molecule has 0 aliphatic rings. The SMILES string of the molecule is Nc1ccc(-c2csc(C=O)c2)c(C(=O)O)n1. The largest absolute Gasteiger partial charge is 0.476 e. The second-order valence-electron chi connectivity index (χ2n) is 3.29. The second kappa shape index (κ2) is 4.34. The van der Waals surface area contributed by atoms with Crippen LogP contribution in [-0.4, -0.2) is 22.3 Å². The fourth-order valence-corrected chi connectivity index (χ4v) is 2.13. The number of anilines is 1. The lowest BCUT2D eigenvalue weighted by atomic mass is 10.1. The molecule has 17 heavy (non-hydrogen) atoms. The van der Waals surface area contributed by atoms with Crippen LogP contribution in [-0.2, 0) is 0 Å². The number of aromatic carboxylic acids is 1. The molecule has 6 heteroatoms. The Bertz CT molecular complexity index is 592. The van der Waals surface area contributed by atoms with Gasteiger partial charge in [-0.3, -0.25) is 4.79 Å². The van der Waals surface area contributed by atoms with Crippen molar-refractivity contribution in [2.24, 2.45) is 0 Å². The summed E-state index contributed by atoms with van der Waals surface area (Å²) in [6.45, 7) is 0. The molecule has 2 aromatic heterocycles. The number of aromatic nitrogens is 1. The lowest BCUT2D eigenvalue weighted by molar-refractivity contribution is 0.0691. The highest BCUT2D eigenvalue weighted by atomic mass is 32.1. The number of rotatable bonds is 3. The number of carboxylic acids is 1. The molecule has 0 fully saturated rings. The van der Waals surface area contributed by atoms with Gasteiger partial charge >= 0.3 is 5.97 Å². The van der Waals surface area contributed by atoms with E-state index in [-0.39, 0.29) is 11.5 Å². The molecule has 2 heterocycles. The van der Waals surface area contributed by atoms with Crippen molar-refractivity contribution in [1.82, 2.24) is 4.98 Å². The number of carboxylic acid groups (broad SMARTS) is 1. The molecular weight excluding hydrogens is 240 g/mol. The molecule has 0 saturated heterocycles. The summed E-state index contributed by atoms with van der Waals surface area (Å²) in [5, 5.41) is 10.7. The number of nitrogen functional groups attached to an aromatic ring is 1. The standard InChI is InChI=1S/C11H8N2O3S/c12-9-2-1-8(10(13-9)11(15)16)6-3-7(4-14)17-5-6/h1-5H,(H2,12,13)(H,15,16). The molecule has 86 valence electrons. The average Bonchev–Trinajstić information content (AvgIpc) is 2.77. The minimum atomic E-state index is -1.15. The maximum atomic E-state index is 11.0. The van der Waals surface area contributed by atoms with Crippen LogP contribution in [0, 0.1) is 0 Å². The molecule has 0 bridgehead atoms. The number of nitrogens with two attached hydrogens (primary N) is 1. The van der Waals surface area contributed by atoms with Gasteiger partial charge in [0.15, 0.2) is 12.0 Å². The van der Waals surface area contributed by atoms with E-state index in [2.05, 4.69) is 4.98 Å². The minimum absolute atomic E-state index is 0.111. The van der Waals surface area contributed by atoms with Crippen LogP contribution in [0.1, 0.15) is 20.2 Å². The van der Waals surface area contributed by atoms with Crippen LogP contribution >= 0.6 is 11.3 Å². The molecule has 0 radical (unpaired) electrons. The van der Waals surface area contributed by atoms with Crippen molar-refractivity contribution in [2.75, 3.05) is 5.73 Å². The van der Waals surface area contributed by atoms with Crippen molar-refractivity contribution < 1.29 is 14.7 Å². The van der Waals surface area contributed by atoms with Crippen LogP contribution in [0.3, 0.4) is 0 Å². The van der Waals surface area contributed by atoms with Gasteiger partial charge in [0.1, 0.15) is 5.82 Å². The van der Waals surface area contributed by atoms with Gasteiger partial charge < -0.3 is 10.8 Å². The first-order valence-electron chi connectivity index (χ1n) is 4.65. The van der Waals surface area contributed by atoms with E-state index in [1.54, 1.807) is 17.5 Å². The third-order valence-electron chi connectivity index (χ3n) is 2.17. The molecule has 2 rings (SSSR count). The molecule has 0 spiro atoms. The van der Waals surface area contributed by atoms with Gasteiger partial charge in [0.2, 0.25) is 0 Å². The normalized spacial score (nSPS) is 10.1. The van der Waals surface area contributed by atoms with Crippen LogP contribution in [0.4, 0.5) is 5.82 Å². The molecule has 0 amide bonds. The predicted octanol–water partition coefficient (Wildman–Crippen LogP) is 1.90. The van der Waals surface area contributed by atoms with E-state index in [1.165, 1.54) is 17.4 Å². The Morgan fingerprint density at radius 1 is 1.47 bits per heavy atom. The van der Waals surface area contributed by atoms with Crippen LogP contribution in [0.5, 0.6) is 0 Å². The lowest BCUT2D eigenvalue weighted by Crippen LogP contribution is -2.05. The van der Waals surface area contributed by atoms with Crippen molar-refractivity contribution in [3.8, 4) is 11.1 Å². The molecule has 0 aliphatic heterocycles. The number of carbonyl (C=O) groups is 2. The quantitative estimate of drug-likeness (QED) is 0.809. The third-order valence-corrected chi connectivity index (χ3v) is 3.02. The summed E-state index contributed by atoms with van der Waals surface area (Å²) in [6.07, 6.45) is 0.722. The maximum absolute atomic E-state index is 11.0. The van der Waals surface area contributed by atoms with Gasteiger partial charge in [0.25, 0.3) is 0 Å². The van der Waals surface area contributed by atoms with Crippen molar-refractivity contribution in [1.29, 1.82) is 0 Å². The first kappa shape index (κ1) is 11.3. The van der Waals surface area contributed by atoms with E-state index >= 15 is 0 Å². The monoisotopic (exact) mass is 248 g/mol. The van der Waals surface area contributed by atoms with Gasteiger partial charge in [-0.2, -0.15) is 0 Å². The smallest absolute Gasteiger partial charge is 0.355 e. The number of hydrogen-bond donors (Lipinski definition) is 2. The summed E-state index contributed by atoms with van der Waals surface area (Å²) < 4.78 is 0. The number of thiophene rings is 1. The average molecular weight is 248 g/mol. The van der Waals surface area contributed by atoms with E-state index in [0.717, 1.165) is 6.29 Å². The summed E-state index contributed by atoms with van der Waals surface area (Å²) in [5.74, 6) is -0.997. The Morgan fingerprint density at radius 3 is 2.82 bits per heavy atom. The maximum Gasteiger partial charge on any atom is 0.355 e.